The predicted octanol–water partition coefficient (Wildman–Crippen LogP) is 3.87. The number of nitrogens with zero attached hydrogens (tertiary/aromatic N) is 2. The Labute approximate surface area is 178 Å². The van der Waals surface area contributed by atoms with Crippen molar-refractivity contribution in [2.45, 2.75) is 25.9 Å². The largest absolute Gasteiger partial charge is 0.478 e. The van der Waals surface area contributed by atoms with E-state index >= 15 is 0 Å². The Bertz CT molecular complexity index is 1110. The topological polar surface area (TPSA) is 79.7 Å². The van der Waals surface area contributed by atoms with Crippen LogP contribution < -0.4 is 4.74 Å². The molecule has 1 atom stereocenters. The summed E-state index contributed by atoms with van der Waals surface area (Å²) in [7, 11) is 0. The zero-order valence-corrected chi connectivity index (χ0v) is 16.9. The predicted molar refractivity (Wildman–Crippen MR) is 112 cm³/mol. The number of fused-ring (bicyclic) bond motifs is 1. The van der Waals surface area contributed by atoms with Crippen LogP contribution in [0.2, 0.25) is 0 Å². The molecule has 6 nitrogen and oxygen atoms in total. The third kappa shape index (κ3) is 4.55. The molecule has 2 aromatic carbocycles. The summed E-state index contributed by atoms with van der Waals surface area (Å²) in [5, 5.41) is 9.08. The Morgan fingerprint density at radius 3 is 2.52 bits per heavy atom. The summed E-state index contributed by atoms with van der Waals surface area (Å²) in [5.74, 6) is -1.15. The van der Waals surface area contributed by atoms with E-state index in [0.717, 1.165) is 16.7 Å². The summed E-state index contributed by atoms with van der Waals surface area (Å²) in [6.07, 6.45) is 2.14. The van der Waals surface area contributed by atoms with E-state index in [-0.39, 0.29) is 29.9 Å². The zero-order valence-electron chi connectivity index (χ0n) is 16.9. The molecule has 0 saturated heterocycles. The maximum absolute atomic E-state index is 13.8. The molecule has 0 unspecified atom stereocenters. The molecule has 1 N–H and O–H groups in total. The Hall–Kier alpha value is -3.74. The smallest absolute Gasteiger partial charge is 0.335 e. The van der Waals surface area contributed by atoms with E-state index < -0.39 is 5.97 Å². The molecule has 3 aromatic rings. The number of halogens is 1. The average molecular weight is 420 g/mol. The second kappa shape index (κ2) is 8.55. The first-order valence-corrected chi connectivity index (χ1v) is 9.88. The number of aryl methyl sites for hydroxylation is 1. The van der Waals surface area contributed by atoms with Gasteiger partial charge in [0.15, 0.2) is 0 Å². The van der Waals surface area contributed by atoms with Crippen LogP contribution in [0.1, 0.15) is 37.4 Å². The van der Waals surface area contributed by atoms with Crippen LogP contribution in [0.15, 0.2) is 60.8 Å². The molecule has 1 amide bonds. The van der Waals surface area contributed by atoms with E-state index in [1.54, 1.807) is 23.2 Å². The number of carbonyl (C=O) groups excluding carboxylic acids is 1. The number of ether oxygens (including phenoxy) is 1. The Morgan fingerprint density at radius 2 is 1.84 bits per heavy atom. The van der Waals surface area contributed by atoms with Crippen molar-refractivity contribution in [3.05, 3.63) is 94.4 Å². The highest BCUT2D eigenvalue weighted by molar-refractivity contribution is 5.96. The third-order valence-electron chi connectivity index (χ3n) is 5.35. The fraction of sp³-hybridized carbons (Fsp3) is 0.208. The van der Waals surface area contributed by atoms with Crippen molar-refractivity contribution in [3.8, 4) is 5.88 Å². The standard InChI is InChI=1S/C24H21FN2O4/c1-15-2-9-22(26-12-15)31-14-21-11-19-10-20(25)8-7-18(19)13-27(21)23(28)16-3-5-17(6-4-16)24(29)30/h2-10,12,21H,11,13-14H2,1H3,(H,29,30)/t21-/m0/s1. The number of hydrogen-bond acceptors (Lipinski definition) is 4. The lowest BCUT2D eigenvalue weighted by Crippen LogP contribution is -2.47. The number of hydrogen-bond donors (Lipinski definition) is 1. The number of benzene rings is 2. The van der Waals surface area contributed by atoms with Crippen LogP contribution >= 0.6 is 0 Å². The fourth-order valence-corrected chi connectivity index (χ4v) is 3.64. The molecule has 4 rings (SSSR count). The first-order valence-electron chi connectivity index (χ1n) is 9.88. The maximum Gasteiger partial charge on any atom is 0.335 e. The fourth-order valence-electron chi connectivity index (χ4n) is 3.64. The third-order valence-corrected chi connectivity index (χ3v) is 5.35. The van der Waals surface area contributed by atoms with Crippen molar-refractivity contribution < 1.29 is 23.8 Å². The van der Waals surface area contributed by atoms with Crippen LogP contribution in [0, 0.1) is 12.7 Å². The summed E-state index contributed by atoms with van der Waals surface area (Å²) in [6, 6.07) is 13.7. The van der Waals surface area contributed by atoms with Gasteiger partial charge in [-0.2, -0.15) is 0 Å². The summed E-state index contributed by atoms with van der Waals surface area (Å²) in [4.78, 5) is 30.3. The van der Waals surface area contributed by atoms with Gasteiger partial charge in [0, 0.05) is 24.4 Å². The van der Waals surface area contributed by atoms with Gasteiger partial charge in [-0.3, -0.25) is 4.79 Å². The molecule has 158 valence electrons. The zero-order chi connectivity index (χ0) is 22.0. The van der Waals surface area contributed by atoms with Gasteiger partial charge in [-0.05, 0) is 66.4 Å². The molecule has 0 radical (unpaired) electrons. The molecule has 1 aliphatic heterocycles. The lowest BCUT2D eigenvalue weighted by molar-refractivity contribution is 0.0561. The van der Waals surface area contributed by atoms with Crippen LogP contribution in [-0.2, 0) is 13.0 Å². The van der Waals surface area contributed by atoms with E-state index in [0.29, 0.717) is 24.4 Å². The van der Waals surface area contributed by atoms with Crippen LogP contribution in [-0.4, -0.2) is 39.5 Å². The van der Waals surface area contributed by atoms with Crippen LogP contribution in [0.4, 0.5) is 4.39 Å². The molecule has 7 heteroatoms. The van der Waals surface area contributed by atoms with Gasteiger partial charge in [0.1, 0.15) is 12.4 Å². The molecule has 1 aliphatic rings. The molecular weight excluding hydrogens is 399 g/mol. The molecule has 2 heterocycles. The number of amides is 1. The number of aromatic nitrogens is 1. The monoisotopic (exact) mass is 420 g/mol. The number of carbonyl (C=O) groups is 2. The lowest BCUT2D eigenvalue weighted by atomic mass is 9.93. The van der Waals surface area contributed by atoms with Gasteiger partial charge in [0.05, 0.1) is 11.6 Å². The van der Waals surface area contributed by atoms with E-state index in [2.05, 4.69) is 4.98 Å². The molecular formula is C24H21FN2O4. The number of carboxylic acid groups (broad SMARTS) is 1. The number of carboxylic acids is 1. The molecule has 1 aromatic heterocycles. The van der Waals surface area contributed by atoms with Crippen molar-refractivity contribution in [1.29, 1.82) is 0 Å². The van der Waals surface area contributed by atoms with Gasteiger partial charge in [-0.1, -0.05) is 12.1 Å². The summed E-state index contributed by atoms with van der Waals surface area (Å²) in [6.45, 7) is 2.44. The van der Waals surface area contributed by atoms with E-state index in [9.17, 15) is 14.0 Å². The second-order valence-corrected chi connectivity index (χ2v) is 7.57. The molecule has 0 saturated carbocycles. The average Bonchev–Trinajstić information content (AvgIpc) is 2.77. The number of aromatic carboxylic acids is 1. The van der Waals surface area contributed by atoms with Crippen molar-refractivity contribution in [2.24, 2.45) is 0 Å². The van der Waals surface area contributed by atoms with Crippen LogP contribution in [0.5, 0.6) is 5.88 Å². The van der Waals surface area contributed by atoms with Crippen molar-refractivity contribution >= 4 is 11.9 Å². The SMILES string of the molecule is Cc1ccc(OC[C@@H]2Cc3cc(F)ccc3CN2C(=O)c2ccc(C(=O)O)cc2)nc1. The molecule has 31 heavy (non-hydrogen) atoms. The van der Waals surface area contributed by atoms with E-state index in [4.69, 9.17) is 9.84 Å². The highest BCUT2D eigenvalue weighted by Gasteiger charge is 2.31. The van der Waals surface area contributed by atoms with Crippen molar-refractivity contribution in [1.82, 2.24) is 9.88 Å². The lowest BCUT2D eigenvalue weighted by Gasteiger charge is -2.37. The van der Waals surface area contributed by atoms with E-state index in [1.807, 2.05) is 13.0 Å². The molecule has 0 aliphatic carbocycles. The van der Waals surface area contributed by atoms with Gasteiger partial charge >= 0.3 is 5.97 Å². The van der Waals surface area contributed by atoms with Gasteiger partial charge in [-0.25, -0.2) is 14.2 Å². The van der Waals surface area contributed by atoms with Crippen LogP contribution in [0.3, 0.4) is 0 Å². The summed E-state index contributed by atoms with van der Waals surface area (Å²) >= 11 is 0. The van der Waals surface area contributed by atoms with Gasteiger partial charge in [-0.15, -0.1) is 0 Å². The minimum absolute atomic E-state index is 0.112. The Balaban J connectivity index is 1.59. The van der Waals surface area contributed by atoms with Gasteiger partial charge in [0.2, 0.25) is 5.88 Å². The summed E-state index contributed by atoms with van der Waals surface area (Å²) in [5.41, 5.74) is 3.23. The van der Waals surface area contributed by atoms with E-state index in [1.165, 1.54) is 36.4 Å². The highest BCUT2D eigenvalue weighted by atomic mass is 19.1. The first kappa shape index (κ1) is 20.5. The van der Waals surface area contributed by atoms with Crippen molar-refractivity contribution in [3.63, 3.8) is 0 Å². The van der Waals surface area contributed by atoms with Crippen LogP contribution in [0.25, 0.3) is 0 Å². The first-order chi connectivity index (χ1) is 14.9. The second-order valence-electron chi connectivity index (χ2n) is 7.57. The molecule has 0 fully saturated rings. The normalized spacial score (nSPS) is 15.3. The Kier molecular flexibility index (Phi) is 5.66. The molecule has 0 bridgehead atoms. The quantitative estimate of drug-likeness (QED) is 0.678. The minimum atomic E-state index is -1.05. The van der Waals surface area contributed by atoms with Gasteiger partial charge in [0.25, 0.3) is 5.91 Å². The summed E-state index contributed by atoms with van der Waals surface area (Å²) < 4.78 is 19.6. The van der Waals surface area contributed by atoms with Gasteiger partial charge < -0.3 is 14.7 Å². The highest BCUT2D eigenvalue weighted by Crippen LogP contribution is 2.26. The molecule has 0 spiro atoms. The number of pyridine rings is 1. The number of rotatable bonds is 5. The Morgan fingerprint density at radius 1 is 1.10 bits per heavy atom. The van der Waals surface area contributed by atoms with Crippen molar-refractivity contribution in [2.75, 3.05) is 6.61 Å². The maximum atomic E-state index is 13.8. The minimum Gasteiger partial charge on any atom is -0.478 e.